The number of halogens is 1. The second-order valence-corrected chi connectivity index (χ2v) is 5.66. The third kappa shape index (κ3) is 3.21. The summed E-state index contributed by atoms with van der Waals surface area (Å²) in [5.41, 5.74) is 1.72. The van der Waals surface area contributed by atoms with Gasteiger partial charge in [0.1, 0.15) is 12.2 Å². The first kappa shape index (κ1) is 15.0. The molecule has 0 N–H and O–H groups in total. The number of carbonyl (C=O) groups is 2. The van der Waals surface area contributed by atoms with Gasteiger partial charge in [-0.3, -0.25) is 4.79 Å². The zero-order chi connectivity index (χ0) is 14.5. The first-order chi connectivity index (χ1) is 9.67. The first-order valence-electron chi connectivity index (χ1n) is 7.00. The predicted octanol–water partition coefficient (Wildman–Crippen LogP) is 3.84. The van der Waals surface area contributed by atoms with E-state index in [1.54, 1.807) is 6.07 Å². The Bertz CT molecular complexity index is 492. The van der Waals surface area contributed by atoms with E-state index in [1.807, 2.05) is 12.1 Å². The summed E-state index contributed by atoms with van der Waals surface area (Å²) in [6, 6.07) is 5.49. The van der Waals surface area contributed by atoms with Crippen molar-refractivity contribution >= 4 is 23.9 Å². The summed E-state index contributed by atoms with van der Waals surface area (Å²) in [4.78, 5) is 22.6. The normalized spacial score (nSPS) is 17.5. The standard InChI is InChI=1S/C16H19ClO3/c1-20-16(19)14(10-18)12-7-8-13(15(17)9-12)11-5-3-2-4-6-11/h7-11,14H,2-6H2,1H3. The Morgan fingerprint density at radius 3 is 2.60 bits per heavy atom. The second-order valence-electron chi connectivity index (χ2n) is 5.25. The van der Waals surface area contributed by atoms with Crippen molar-refractivity contribution < 1.29 is 14.3 Å². The van der Waals surface area contributed by atoms with Gasteiger partial charge in [-0.15, -0.1) is 0 Å². The number of esters is 1. The van der Waals surface area contributed by atoms with Gasteiger partial charge in [0, 0.05) is 5.02 Å². The minimum absolute atomic E-state index is 0.498. The minimum Gasteiger partial charge on any atom is -0.468 e. The van der Waals surface area contributed by atoms with Crippen LogP contribution in [0.2, 0.25) is 5.02 Å². The number of benzene rings is 1. The molecule has 0 amide bonds. The predicted molar refractivity (Wildman–Crippen MR) is 78.1 cm³/mol. The van der Waals surface area contributed by atoms with Gasteiger partial charge < -0.3 is 9.53 Å². The molecule has 1 unspecified atom stereocenters. The first-order valence-corrected chi connectivity index (χ1v) is 7.37. The molecule has 0 spiro atoms. The molecule has 3 nitrogen and oxygen atoms in total. The lowest BCUT2D eigenvalue weighted by Crippen LogP contribution is -2.16. The fourth-order valence-corrected chi connectivity index (χ4v) is 3.22. The van der Waals surface area contributed by atoms with Crippen LogP contribution in [0.4, 0.5) is 0 Å². The molecule has 1 aliphatic rings. The maximum Gasteiger partial charge on any atom is 0.320 e. The van der Waals surface area contributed by atoms with Crippen molar-refractivity contribution in [3.05, 3.63) is 34.3 Å². The van der Waals surface area contributed by atoms with Crippen LogP contribution in [0.3, 0.4) is 0 Å². The van der Waals surface area contributed by atoms with Gasteiger partial charge in [-0.25, -0.2) is 0 Å². The van der Waals surface area contributed by atoms with Gasteiger partial charge in [0.05, 0.1) is 7.11 Å². The molecular weight excluding hydrogens is 276 g/mol. The highest BCUT2D eigenvalue weighted by Gasteiger charge is 2.23. The van der Waals surface area contributed by atoms with E-state index in [9.17, 15) is 9.59 Å². The Balaban J connectivity index is 2.24. The number of methoxy groups -OCH3 is 1. The van der Waals surface area contributed by atoms with E-state index >= 15 is 0 Å². The SMILES string of the molecule is COC(=O)C(C=O)c1ccc(C2CCCCC2)c(Cl)c1. The van der Waals surface area contributed by atoms with Crippen LogP contribution in [0.25, 0.3) is 0 Å². The fourth-order valence-electron chi connectivity index (χ4n) is 2.88. The lowest BCUT2D eigenvalue weighted by Gasteiger charge is -2.23. The lowest BCUT2D eigenvalue weighted by molar-refractivity contribution is -0.143. The Kier molecular flexibility index (Phi) is 5.18. The van der Waals surface area contributed by atoms with E-state index < -0.39 is 11.9 Å². The molecule has 0 heterocycles. The second kappa shape index (κ2) is 6.89. The summed E-state index contributed by atoms with van der Waals surface area (Å²) in [5.74, 6) is -0.947. The third-order valence-corrected chi connectivity index (χ3v) is 4.35. The van der Waals surface area contributed by atoms with Crippen LogP contribution in [-0.2, 0) is 14.3 Å². The number of ether oxygens (including phenoxy) is 1. The Morgan fingerprint density at radius 2 is 2.05 bits per heavy atom. The van der Waals surface area contributed by atoms with E-state index in [-0.39, 0.29) is 0 Å². The summed E-state index contributed by atoms with van der Waals surface area (Å²) in [6.07, 6.45) is 6.68. The molecule has 0 aromatic heterocycles. The average Bonchev–Trinajstić information content (AvgIpc) is 2.49. The van der Waals surface area contributed by atoms with Gasteiger partial charge in [-0.1, -0.05) is 43.0 Å². The van der Waals surface area contributed by atoms with Crippen LogP contribution in [0, 0.1) is 0 Å². The number of rotatable bonds is 4. The van der Waals surface area contributed by atoms with Crippen LogP contribution >= 0.6 is 11.6 Å². The van der Waals surface area contributed by atoms with Crippen molar-refractivity contribution in [2.75, 3.05) is 7.11 Å². The molecule has 0 radical (unpaired) electrons. The lowest BCUT2D eigenvalue weighted by atomic mass is 9.83. The number of hydrogen-bond acceptors (Lipinski definition) is 3. The highest BCUT2D eigenvalue weighted by molar-refractivity contribution is 6.31. The summed E-state index contributed by atoms with van der Waals surface area (Å²) < 4.78 is 4.63. The van der Waals surface area contributed by atoms with Gasteiger partial charge in [-0.2, -0.15) is 0 Å². The van der Waals surface area contributed by atoms with E-state index in [2.05, 4.69) is 4.74 Å². The average molecular weight is 295 g/mol. The van der Waals surface area contributed by atoms with Gasteiger partial charge >= 0.3 is 5.97 Å². The number of aldehydes is 1. The summed E-state index contributed by atoms with van der Waals surface area (Å²) in [6.45, 7) is 0. The van der Waals surface area contributed by atoms with Gasteiger partial charge in [0.25, 0.3) is 0 Å². The van der Waals surface area contributed by atoms with Gasteiger partial charge in [0.15, 0.2) is 0 Å². The smallest absolute Gasteiger partial charge is 0.320 e. The topological polar surface area (TPSA) is 43.4 Å². The molecule has 2 rings (SSSR count). The monoisotopic (exact) mass is 294 g/mol. The van der Waals surface area contributed by atoms with Crippen molar-refractivity contribution in [2.45, 2.75) is 43.9 Å². The zero-order valence-corrected chi connectivity index (χ0v) is 12.4. The van der Waals surface area contributed by atoms with Crippen molar-refractivity contribution in [1.82, 2.24) is 0 Å². The largest absolute Gasteiger partial charge is 0.468 e. The maximum atomic E-state index is 11.5. The summed E-state index contributed by atoms with van der Waals surface area (Å²) in [5, 5.41) is 0.644. The molecule has 0 aliphatic heterocycles. The molecule has 0 saturated heterocycles. The highest BCUT2D eigenvalue weighted by Crippen LogP contribution is 2.37. The molecular formula is C16H19ClO3. The summed E-state index contributed by atoms with van der Waals surface area (Å²) in [7, 11) is 1.27. The zero-order valence-electron chi connectivity index (χ0n) is 11.6. The van der Waals surface area contributed by atoms with Crippen molar-refractivity contribution in [1.29, 1.82) is 0 Å². The molecule has 20 heavy (non-hydrogen) atoms. The van der Waals surface area contributed by atoms with Crippen molar-refractivity contribution in [2.24, 2.45) is 0 Å². The molecule has 1 aromatic carbocycles. The molecule has 1 saturated carbocycles. The van der Waals surface area contributed by atoms with Gasteiger partial charge in [-0.05, 0) is 36.0 Å². The molecule has 1 atom stereocenters. The molecule has 1 aromatic rings. The Labute approximate surface area is 124 Å². The Morgan fingerprint density at radius 1 is 1.35 bits per heavy atom. The van der Waals surface area contributed by atoms with Crippen LogP contribution in [0.15, 0.2) is 18.2 Å². The highest BCUT2D eigenvalue weighted by atomic mass is 35.5. The quantitative estimate of drug-likeness (QED) is 0.481. The van der Waals surface area contributed by atoms with Crippen LogP contribution in [0.5, 0.6) is 0 Å². The van der Waals surface area contributed by atoms with Crippen molar-refractivity contribution in [3.8, 4) is 0 Å². The molecule has 4 heteroatoms. The number of carbonyl (C=O) groups excluding carboxylic acids is 2. The summed E-state index contributed by atoms with van der Waals surface area (Å²) >= 11 is 6.34. The molecule has 1 fully saturated rings. The fraction of sp³-hybridized carbons (Fsp3) is 0.500. The van der Waals surface area contributed by atoms with E-state index in [1.165, 1.54) is 26.4 Å². The van der Waals surface area contributed by atoms with Crippen molar-refractivity contribution in [3.63, 3.8) is 0 Å². The number of hydrogen-bond donors (Lipinski definition) is 0. The van der Waals surface area contributed by atoms with E-state index in [4.69, 9.17) is 11.6 Å². The third-order valence-electron chi connectivity index (χ3n) is 4.02. The molecule has 108 valence electrons. The maximum absolute atomic E-state index is 11.5. The van der Waals surface area contributed by atoms with Crippen LogP contribution in [0.1, 0.15) is 55.1 Å². The molecule has 0 bridgehead atoms. The van der Waals surface area contributed by atoms with Crippen LogP contribution in [-0.4, -0.2) is 19.4 Å². The minimum atomic E-state index is -0.891. The van der Waals surface area contributed by atoms with E-state index in [0.29, 0.717) is 22.8 Å². The Hall–Kier alpha value is -1.35. The van der Waals surface area contributed by atoms with E-state index in [0.717, 1.165) is 18.4 Å². The van der Waals surface area contributed by atoms with Gasteiger partial charge in [0.2, 0.25) is 0 Å². The van der Waals surface area contributed by atoms with Crippen LogP contribution < -0.4 is 0 Å². The molecule has 1 aliphatic carbocycles.